The molecular formula is C47H53FN12O4. The molecule has 7 heterocycles. The first-order valence-electron chi connectivity index (χ1n) is 22.0. The highest BCUT2D eigenvalue weighted by Gasteiger charge is 2.29. The predicted octanol–water partition coefficient (Wildman–Crippen LogP) is 6.79. The highest BCUT2D eigenvalue weighted by molar-refractivity contribution is 6.05. The van der Waals surface area contributed by atoms with Gasteiger partial charge >= 0.3 is 17.8 Å². The Morgan fingerprint density at radius 2 is 1.69 bits per heavy atom. The van der Waals surface area contributed by atoms with Crippen LogP contribution in [0.25, 0.3) is 33.7 Å². The van der Waals surface area contributed by atoms with Gasteiger partial charge in [-0.3, -0.25) is 29.7 Å². The third kappa shape index (κ3) is 8.89. The van der Waals surface area contributed by atoms with Gasteiger partial charge in [0.15, 0.2) is 5.82 Å². The number of fused-ring (bicyclic) bond motifs is 1. The van der Waals surface area contributed by atoms with Crippen molar-refractivity contribution in [3.63, 3.8) is 0 Å². The van der Waals surface area contributed by atoms with Gasteiger partial charge in [0.2, 0.25) is 5.91 Å². The molecule has 3 aliphatic heterocycles. The van der Waals surface area contributed by atoms with E-state index < -0.39 is 17.8 Å². The SMILES string of the molecule is Cc1cc(-c2ncnc3[nH]c(-c4ccc(N5CCN(CC6CCN(c7ccc(N8CCC(=O)NC8=O)c(F)c7)CC6)CC5)cn4)cc23)ccc1C(C)NC(=O)c1nc(C(C)(C)C)no1. The van der Waals surface area contributed by atoms with Crippen LogP contribution in [0.3, 0.4) is 0 Å². The van der Waals surface area contributed by atoms with Crippen LogP contribution in [0.1, 0.15) is 80.6 Å². The number of nitrogens with zero attached hydrogens (tertiary/aromatic N) is 9. The van der Waals surface area contributed by atoms with Crippen LogP contribution < -0.4 is 25.3 Å². The largest absolute Gasteiger partial charge is 0.371 e. The topological polar surface area (TPSA) is 182 Å². The summed E-state index contributed by atoms with van der Waals surface area (Å²) in [6.45, 7) is 16.5. The molecule has 3 N–H and O–H groups in total. The van der Waals surface area contributed by atoms with Gasteiger partial charge < -0.3 is 24.6 Å². The first kappa shape index (κ1) is 42.5. The number of anilines is 3. The zero-order chi connectivity index (χ0) is 44.7. The smallest absolute Gasteiger partial charge is 0.328 e. The second-order valence-electron chi connectivity index (χ2n) is 18.1. The van der Waals surface area contributed by atoms with Crippen LogP contribution in [0.15, 0.2) is 71.6 Å². The van der Waals surface area contributed by atoms with Crippen LogP contribution in [0.5, 0.6) is 0 Å². The molecule has 6 aromatic rings. The number of benzene rings is 2. The van der Waals surface area contributed by atoms with Crippen molar-refractivity contribution in [2.24, 2.45) is 5.92 Å². The number of carbonyl (C=O) groups excluding carboxylic acids is 3. The third-order valence-electron chi connectivity index (χ3n) is 12.6. The van der Waals surface area contributed by atoms with E-state index in [0.29, 0.717) is 11.7 Å². The number of aromatic nitrogens is 6. The van der Waals surface area contributed by atoms with E-state index in [1.807, 2.05) is 65.1 Å². The number of pyridine rings is 1. The van der Waals surface area contributed by atoms with Gasteiger partial charge in [-0.2, -0.15) is 4.98 Å². The number of carbonyl (C=O) groups is 3. The summed E-state index contributed by atoms with van der Waals surface area (Å²) >= 11 is 0. The Bertz CT molecular complexity index is 2690. The minimum Gasteiger partial charge on any atom is -0.371 e. The molecule has 16 nitrogen and oxygen atoms in total. The van der Waals surface area contributed by atoms with Crippen molar-refractivity contribution in [3.8, 4) is 22.6 Å². The molecule has 1 atom stereocenters. The molecule has 3 aliphatic rings. The quantitative estimate of drug-likeness (QED) is 0.131. The number of nitrogens with one attached hydrogen (secondary N) is 3. The normalized spacial score (nSPS) is 17.2. The molecule has 4 aromatic heterocycles. The van der Waals surface area contributed by atoms with Crippen LogP contribution in [0.2, 0.25) is 0 Å². The summed E-state index contributed by atoms with van der Waals surface area (Å²) in [5.41, 5.74) is 7.85. The zero-order valence-electron chi connectivity index (χ0n) is 36.8. The van der Waals surface area contributed by atoms with Crippen LogP contribution in [0, 0.1) is 18.7 Å². The zero-order valence-corrected chi connectivity index (χ0v) is 36.8. The first-order chi connectivity index (χ1) is 30.8. The van der Waals surface area contributed by atoms with E-state index in [1.165, 1.54) is 11.0 Å². The molecular weight excluding hydrogens is 816 g/mol. The maximum atomic E-state index is 15.1. The summed E-state index contributed by atoms with van der Waals surface area (Å²) in [5.74, 6) is -0.228. The highest BCUT2D eigenvalue weighted by Crippen LogP contribution is 2.33. The number of hydrogen-bond donors (Lipinski definition) is 3. The van der Waals surface area contributed by atoms with Crippen LogP contribution in [0.4, 0.5) is 26.2 Å². The van der Waals surface area contributed by atoms with E-state index in [2.05, 4.69) is 68.6 Å². The Hall–Kier alpha value is -6.75. The lowest BCUT2D eigenvalue weighted by atomic mass is 9.95. The second kappa shape index (κ2) is 17.4. The van der Waals surface area contributed by atoms with Crippen molar-refractivity contribution >= 4 is 45.9 Å². The van der Waals surface area contributed by atoms with Crippen LogP contribution in [-0.4, -0.2) is 105 Å². The molecule has 1 unspecified atom stereocenters. The lowest BCUT2D eigenvalue weighted by Gasteiger charge is -2.40. The van der Waals surface area contributed by atoms with Gasteiger partial charge in [-0.15, -0.1) is 0 Å². The predicted molar refractivity (Wildman–Crippen MR) is 242 cm³/mol. The van der Waals surface area contributed by atoms with Crippen molar-refractivity contribution in [2.45, 2.75) is 65.3 Å². The molecule has 0 spiro atoms. The van der Waals surface area contributed by atoms with Gasteiger partial charge in [-0.25, -0.2) is 19.2 Å². The summed E-state index contributed by atoms with van der Waals surface area (Å²) in [5, 5.41) is 10.1. The summed E-state index contributed by atoms with van der Waals surface area (Å²) in [4.78, 5) is 66.9. The van der Waals surface area contributed by atoms with Gasteiger partial charge in [0.25, 0.3) is 0 Å². The van der Waals surface area contributed by atoms with Crippen molar-refractivity contribution in [2.75, 3.05) is 67.1 Å². The second-order valence-corrected chi connectivity index (χ2v) is 18.1. The van der Waals surface area contributed by atoms with Crippen molar-refractivity contribution in [1.82, 2.24) is 45.6 Å². The number of urea groups is 1. The van der Waals surface area contributed by atoms with Gasteiger partial charge in [0.05, 0.1) is 40.7 Å². The number of hydrogen-bond acceptors (Lipinski definition) is 12. The maximum Gasteiger partial charge on any atom is 0.328 e. The number of imide groups is 1. The molecule has 17 heteroatoms. The fourth-order valence-corrected chi connectivity index (χ4v) is 8.94. The summed E-state index contributed by atoms with van der Waals surface area (Å²) in [6, 6.07) is 16.4. The third-order valence-corrected chi connectivity index (χ3v) is 12.6. The number of piperidine rings is 1. The number of rotatable bonds is 10. The van der Waals surface area contributed by atoms with E-state index in [0.717, 1.165) is 115 Å². The van der Waals surface area contributed by atoms with Gasteiger partial charge in [0.1, 0.15) is 17.8 Å². The Balaban J connectivity index is 0.771. The molecule has 332 valence electrons. The molecule has 0 aliphatic carbocycles. The average molecular weight is 869 g/mol. The van der Waals surface area contributed by atoms with E-state index in [4.69, 9.17) is 9.51 Å². The van der Waals surface area contributed by atoms with Gasteiger partial charge in [-0.1, -0.05) is 38.1 Å². The fraction of sp³-hybridized carbons (Fsp3) is 0.404. The van der Waals surface area contributed by atoms with E-state index in [-0.39, 0.29) is 41.9 Å². The standard InChI is InChI=1S/C47H53FN12O4/c1-28-22-31(6-9-34(28)29(2)52-43(62)44-55-45(56-64-44)47(3,4)5)41-35-24-38(53-42(35)51-27-50-41)37-10-7-33(25-49-37)59-20-18-57(19-21-59)26-30-12-15-58(16-13-30)32-8-11-39(36(48)23-32)60-17-14-40(61)54-46(60)63/h6-11,22-25,27,29-30H,12-21,26H2,1-5H3,(H,52,62)(H,50,51,53)(H,54,61,63). The van der Waals surface area contributed by atoms with Crippen molar-refractivity contribution in [1.29, 1.82) is 0 Å². The van der Waals surface area contributed by atoms with E-state index >= 15 is 4.39 Å². The van der Waals surface area contributed by atoms with Crippen molar-refractivity contribution in [3.05, 3.63) is 95.8 Å². The van der Waals surface area contributed by atoms with Crippen molar-refractivity contribution < 1.29 is 23.3 Å². The summed E-state index contributed by atoms with van der Waals surface area (Å²) < 4.78 is 20.4. The number of amides is 4. The minimum atomic E-state index is -0.585. The molecule has 0 saturated carbocycles. The molecule has 3 saturated heterocycles. The van der Waals surface area contributed by atoms with Crippen LogP contribution >= 0.6 is 0 Å². The summed E-state index contributed by atoms with van der Waals surface area (Å²) in [7, 11) is 0. The number of H-pyrrole nitrogens is 1. The Kier molecular flexibility index (Phi) is 11.6. The lowest BCUT2D eigenvalue weighted by molar-refractivity contribution is -0.120. The number of aryl methyl sites for hydroxylation is 1. The van der Waals surface area contributed by atoms with Gasteiger partial charge in [-0.05, 0) is 86.2 Å². The highest BCUT2D eigenvalue weighted by atomic mass is 19.1. The fourth-order valence-electron chi connectivity index (χ4n) is 8.94. The van der Waals surface area contributed by atoms with Crippen LogP contribution in [-0.2, 0) is 10.2 Å². The van der Waals surface area contributed by atoms with E-state index in [1.54, 1.807) is 12.4 Å². The van der Waals surface area contributed by atoms with E-state index in [9.17, 15) is 14.4 Å². The molecule has 64 heavy (non-hydrogen) atoms. The molecule has 2 aromatic carbocycles. The Morgan fingerprint density at radius 3 is 2.38 bits per heavy atom. The number of aromatic amines is 1. The molecule has 0 radical (unpaired) electrons. The summed E-state index contributed by atoms with van der Waals surface area (Å²) in [6.07, 6.45) is 5.72. The molecule has 3 fully saturated rings. The monoisotopic (exact) mass is 868 g/mol. The maximum absolute atomic E-state index is 15.1. The Morgan fingerprint density at radius 1 is 0.922 bits per heavy atom. The molecule has 4 amide bonds. The molecule has 9 rings (SSSR count). The Labute approximate surface area is 370 Å². The average Bonchev–Trinajstić information content (AvgIpc) is 3.97. The first-order valence-corrected chi connectivity index (χ1v) is 22.0. The minimum absolute atomic E-state index is 0.0576. The number of halogens is 1. The lowest BCUT2D eigenvalue weighted by Crippen LogP contribution is -2.50. The van der Waals surface area contributed by atoms with Gasteiger partial charge in [0, 0.05) is 80.8 Å². The number of piperazine rings is 1. The molecule has 0 bridgehead atoms.